The van der Waals surface area contributed by atoms with E-state index >= 15 is 0 Å². The van der Waals surface area contributed by atoms with Crippen LogP contribution in [0.4, 0.5) is 0 Å². The second-order valence-corrected chi connectivity index (χ2v) is 4.59. The average Bonchev–Trinajstić information content (AvgIpc) is 2.30. The summed E-state index contributed by atoms with van der Waals surface area (Å²) in [6.07, 6.45) is 0.158. The summed E-state index contributed by atoms with van der Waals surface area (Å²) in [5, 5.41) is 0. The van der Waals surface area contributed by atoms with Crippen LogP contribution in [0.15, 0.2) is 0 Å². The number of ether oxygens (including phenoxy) is 1. The fourth-order valence-electron chi connectivity index (χ4n) is 1.59. The van der Waals surface area contributed by atoms with Gasteiger partial charge in [0.2, 0.25) is 0 Å². The van der Waals surface area contributed by atoms with Gasteiger partial charge in [-0.25, -0.2) is 4.57 Å². The summed E-state index contributed by atoms with van der Waals surface area (Å²) >= 11 is 0. The van der Waals surface area contributed by atoms with Crippen LogP contribution in [-0.2, 0) is 13.8 Å². The summed E-state index contributed by atoms with van der Waals surface area (Å²) in [5.41, 5.74) is 0. The Morgan fingerprint density at radius 3 is 2.62 bits per heavy atom. The molecule has 1 fully saturated rings. The normalized spacial score (nSPS) is 32.0. The number of phosphoric ester groups is 1. The van der Waals surface area contributed by atoms with Crippen molar-refractivity contribution in [2.45, 2.75) is 32.5 Å². The Hall–Kier alpha value is 0.0700. The molecule has 6 heteroatoms. The molecule has 0 saturated carbocycles. The van der Waals surface area contributed by atoms with Crippen molar-refractivity contribution in [1.29, 1.82) is 0 Å². The quantitative estimate of drug-likeness (QED) is 0.677. The van der Waals surface area contributed by atoms with E-state index in [-0.39, 0.29) is 6.10 Å². The van der Waals surface area contributed by atoms with E-state index in [0.717, 1.165) is 6.42 Å². The molecule has 0 aliphatic carbocycles. The Kier molecular flexibility index (Phi) is 3.49. The molecule has 2 N–H and O–H groups in total. The Morgan fingerprint density at radius 1 is 1.62 bits per heavy atom. The van der Waals surface area contributed by atoms with E-state index in [1.54, 1.807) is 6.92 Å². The van der Waals surface area contributed by atoms with E-state index in [0.29, 0.717) is 12.5 Å². The van der Waals surface area contributed by atoms with Gasteiger partial charge in [-0.15, -0.1) is 0 Å². The van der Waals surface area contributed by atoms with Gasteiger partial charge in [0, 0.05) is 6.61 Å². The lowest BCUT2D eigenvalue weighted by atomic mass is 10.0. The topological polar surface area (TPSA) is 76.0 Å². The highest BCUT2D eigenvalue weighted by molar-refractivity contribution is 7.46. The van der Waals surface area contributed by atoms with E-state index in [4.69, 9.17) is 14.5 Å². The molecule has 0 aromatic rings. The third kappa shape index (κ3) is 3.37. The molecule has 1 rings (SSSR count). The molecule has 0 spiro atoms. The Bertz CT molecular complexity index is 213. The standard InChI is InChI=1S/C7H15O5P/c1-5-3-4-11-7(5)6(2)12-13(8,9)10/h5-7H,3-4H2,1-2H3,(H2,8,9,10)/t5-,6+,7-/m0/s1. The highest BCUT2D eigenvalue weighted by Crippen LogP contribution is 2.40. The molecule has 1 saturated heterocycles. The van der Waals surface area contributed by atoms with Crippen molar-refractivity contribution in [3.05, 3.63) is 0 Å². The fraction of sp³-hybridized carbons (Fsp3) is 1.00. The monoisotopic (exact) mass is 210 g/mol. The minimum Gasteiger partial charge on any atom is -0.375 e. The molecule has 0 bridgehead atoms. The predicted molar refractivity (Wildman–Crippen MR) is 46.1 cm³/mol. The van der Waals surface area contributed by atoms with Crippen molar-refractivity contribution in [1.82, 2.24) is 0 Å². The summed E-state index contributed by atoms with van der Waals surface area (Å²) in [7, 11) is -4.38. The van der Waals surface area contributed by atoms with Crippen LogP contribution in [0.2, 0.25) is 0 Å². The van der Waals surface area contributed by atoms with Crippen LogP contribution in [0.5, 0.6) is 0 Å². The Labute approximate surface area is 77.3 Å². The van der Waals surface area contributed by atoms with E-state index in [2.05, 4.69) is 4.52 Å². The maximum absolute atomic E-state index is 10.5. The molecule has 0 unspecified atom stereocenters. The second kappa shape index (κ2) is 4.07. The van der Waals surface area contributed by atoms with E-state index in [1.165, 1.54) is 0 Å². The van der Waals surface area contributed by atoms with E-state index < -0.39 is 13.9 Å². The maximum Gasteiger partial charge on any atom is 0.469 e. The second-order valence-electron chi connectivity index (χ2n) is 3.40. The summed E-state index contributed by atoms with van der Waals surface area (Å²) in [5.74, 6) is 0.293. The van der Waals surface area contributed by atoms with Gasteiger partial charge in [-0.1, -0.05) is 6.92 Å². The molecule has 1 aliphatic heterocycles. The molecule has 13 heavy (non-hydrogen) atoms. The number of phosphoric acid groups is 1. The van der Waals surface area contributed by atoms with Gasteiger partial charge in [-0.3, -0.25) is 4.52 Å². The van der Waals surface area contributed by atoms with Crippen molar-refractivity contribution in [3.63, 3.8) is 0 Å². The van der Waals surface area contributed by atoms with Gasteiger partial charge in [0.05, 0.1) is 12.2 Å². The molecule has 0 radical (unpaired) electrons. The van der Waals surface area contributed by atoms with Gasteiger partial charge in [-0.05, 0) is 19.3 Å². The molecule has 3 atom stereocenters. The molecule has 1 aliphatic rings. The minimum atomic E-state index is -4.38. The molecule has 0 aromatic carbocycles. The van der Waals surface area contributed by atoms with Gasteiger partial charge in [0.25, 0.3) is 0 Å². The van der Waals surface area contributed by atoms with Gasteiger partial charge in [0.1, 0.15) is 0 Å². The first kappa shape index (κ1) is 11.1. The Morgan fingerprint density at radius 2 is 2.23 bits per heavy atom. The van der Waals surface area contributed by atoms with Crippen LogP contribution in [0.25, 0.3) is 0 Å². The number of hydrogen-bond acceptors (Lipinski definition) is 3. The van der Waals surface area contributed by atoms with Gasteiger partial charge in [0.15, 0.2) is 0 Å². The van der Waals surface area contributed by atoms with Crippen LogP contribution in [-0.4, -0.2) is 28.6 Å². The molecule has 78 valence electrons. The smallest absolute Gasteiger partial charge is 0.375 e. The summed E-state index contributed by atoms with van der Waals surface area (Å²) in [6, 6.07) is 0. The van der Waals surface area contributed by atoms with Crippen molar-refractivity contribution in [2.24, 2.45) is 5.92 Å². The zero-order valence-corrected chi connectivity index (χ0v) is 8.61. The SMILES string of the molecule is C[C@H]1CCO[C@@H]1[C@@H](C)OP(=O)(O)O. The highest BCUT2D eigenvalue weighted by Gasteiger charge is 2.33. The fourth-order valence-corrected chi connectivity index (χ4v) is 2.15. The zero-order chi connectivity index (χ0) is 10.1. The van der Waals surface area contributed by atoms with E-state index in [1.807, 2.05) is 6.92 Å². The largest absolute Gasteiger partial charge is 0.469 e. The number of hydrogen-bond donors (Lipinski definition) is 2. The first-order chi connectivity index (χ1) is 5.90. The zero-order valence-electron chi connectivity index (χ0n) is 7.71. The van der Waals surface area contributed by atoms with Crippen LogP contribution < -0.4 is 0 Å². The molecule has 5 nitrogen and oxygen atoms in total. The Balaban J connectivity index is 2.47. The maximum atomic E-state index is 10.5. The van der Waals surface area contributed by atoms with Crippen molar-refractivity contribution < 1.29 is 23.6 Å². The van der Waals surface area contributed by atoms with Gasteiger partial charge in [-0.2, -0.15) is 0 Å². The van der Waals surface area contributed by atoms with Crippen molar-refractivity contribution in [2.75, 3.05) is 6.61 Å². The first-order valence-corrected chi connectivity index (χ1v) is 5.79. The summed E-state index contributed by atoms with van der Waals surface area (Å²) < 4.78 is 20.4. The van der Waals surface area contributed by atoms with Crippen molar-refractivity contribution >= 4 is 7.82 Å². The third-order valence-electron chi connectivity index (χ3n) is 2.21. The minimum absolute atomic E-state index is 0.201. The van der Waals surface area contributed by atoms with Crippen molar-refractivity contribution in [3.8, 4) is 0 Å². The summed E-state index contributed by atoms with van der Waals surface area (Å²) in [6.45, 7) is 4.24. The summed E-state index contributed by atoms with van der Waals surface area (Å²) in [4.78, 5) is 17.1. The van der Waals surface area contributed by atoms with Crippen LogP contribution >= 0.6 is 7.82 Å². The first-order valence-electron chi connectivity index (χ1n) is 4.25. The third-order valence-corrected chi connectivity index (χ3v) is 2.82. The van der Waals surface area contributed by atoms with Gasteiger partial charge >= 0.3 is 7.82 Å². The van der Waals surface area contributed by atoms with Crippen LogP contribution in [0, 0.1) is 5.92 Å². The predicted octanol–water partition coefficient (Wildman–Crippen LogP) is 0.909. The molecule has 1 heterocycles. The lowest BCUT2D eigenvalue weighted by molar-refractivity contribution is -0.00684. The van der Waals surface area contributed by atoms with E-state index in [9.17, 15) is 4.57 Å². The van der Waals surface area contributed by atoms with Crippen LogP contribution in [0.1, 0.15) is 20.3 Å². The highest BCUT2D eigenvalue weighted by atomic mass is 31.2. The lowest BCUT2D eigenvalue weighted by Crippen LogP contribution is -2.29. The molecule has 0 amide bonds. The van der Waals surface area contributed by atoms with Crippen LogP contribution in [0.3, 0.4) is 0 Å². The average molecular weight is 210 g/mol. The molecular formula is C7H15O5P. The van der Waals surface area contributed by atoms with Gasteiger partial charge < -0.3 is 14.5 Å². The molecule has 0 aromatic heterocycles. The molecular weight excluding hydrogens is 195 g/mol. The number of rotatable bonds is 3. The lowest BCUT2D eigenvalue weighted by Gasteiger charge is -2.22.